The van der Waals surface area contributed by atoms with Gasteiger partial charge in [-0.25, -0.2) is 0 Å². The van der Waals surface area contributed by atoms with Gasteiger partial charge in [-0.2, -0.15) is 0 Å². The smallest absolute Gasteiger partial charge is 0.242 e. The highest BCUT2D eigenvalue weighted by Gasteiger charge is 2.24. The molecule has 1 aromatic carbocycles. The van der Waals surface area contributed by atoms with Gasteiger partial charge in [-0.1, -0.05) is 50.2 Å². The summed E-state index contributed by atoms with van der Waals surface area (Å²) in [7, 11) is 0. The van der Waals surface area contributed by atoms with Crippen molar-refractivity contribution >= 4 is 28.8 Å². The maximum atomic E-state index is 12.1. The third-order valence-electron chi connectivity index (χ3n) is 3.22. The Morgan fingerprint density at radius 1 is 1.25 bits per heavy atom. The minimum atomic E-state index is -0.643. The van der Waals surface area contributed by atoms with Gasteiger partial charge in [0.25, 0.3) is 0 Å². The Kier molecular flexibility index (Phi) is 4.84. The SMILES string of the molecule is CC(C)(CNC(=O)C(Cl)c1ccccc1)c1cccs1. The number of hydrogen-bond donors (Lipinski definition) is 1. The molecule has 1 unspecified atom stereocenters. The van der Waals surface area contributed by atoms with Crippen molar-refractivity contribution in [3.05, 3.63) is 58.3 Å². The van der Waals surface area contributed by atoms with E-state index in [9.17, 15) is 4.79 Å². The van der Waals surface area contributed by atoms with E-state index < -0.39 is 5.38 Å². The maximum absolute atomic E-state index is 12.1. The van der Waals surface area contributed by atoms with Gasteiger partial charge in [-0.15, -0.1) is 22.9 Å². The Morgan fingerprint density at radius 2 is 1.95 bits per heavy atom. The first-order valence-electron chi connectivity index (χ1n) is 6.51. The van der Waals surface area contributed by atoms with Crippen LogP contribution in [0.1, 0.15) is 29.7 Å². The molecule has 106 valence electrons. The molecule has 0 bridgehead atoms. The summed E-state index contributed by atoms with van der Waals surface area (Å²) in [5.41, 5.74) is 0.734. The molecule has 20 heavy (non-hydrogen) atoms. The van der Waals surface area contributed by atoms with Crippen LogP contribution in [0.15, 0.2) is 47.8 Å². The highest BCUT2D eigenvalue weighted by molar-refractivity contribution is 7.10. The van der Waals surface area contributed by atoms with Crippen molar-refractivity contribution in [2.75, 3.05) is 6.54 Å². The number of halogens is 1. The van der Waals surface area contributed by atoms with Gasteiger partial charge in [0, 0.05) is 16.8 Å². The molecule has 1 atom stereocenters. The lowest BCUT2D eigenvalue weighted by atomic mass is 9.91. The van der Waals surface area contributed by atoms with Crippen LogP contribution in [0.5, 0.6) is 0 Å². The topological polar surface area (TPSA) is 29.1 Å². The summed E-state index contributed by atoms with van der Waals surface area (Å²) in [4.78, 5) is 13.4. The zero-order valence-corrected chi connectivity index (χ0v) is 13.2. The third-order valence-corrected chi connectivity index (χ3v) is 4.90. The number of nitrogens with one attached hydrogen (secondary N) is 1. The molecule has 0 spiro atoms. The second kappa shape index (κ2) is 6.42. The van der Waals surface area contributed by atoms with Gasteiger partial charge < -0.3 is 5.32 Å². The number of alkyl halides is 1. The number of thiophene rings is 1. The minimum absolute atomic E-state index is 0.0862. The van der Waals surface area contributed by atoms with E-state index in [0.717, 1.165) is 5.56 Å². The molecule has 1 amide bonds. The summed E-state index contributed by atoms with van der Waals surface area (Å²) in [5.74, 6) is -0.150. The largest absolute Gasteiger partial charge is 0.354 e. The minimum Gasteiger partial charge on any atom is -0.354 e. The van der Waals surface area contributed by atoms with Crippen LogP contribution in [0.4, 0.5) is 0 Å². The molecule has 1 aromatic heterocycles. The van der Waals surface area contributed by atoms with Gasteiger partial charge in [0.15, 0.2) is 0 Å². The number of rotatable bonds is 5. The van der Waals surface area contributed by atoms with Gasteiger partial charge >= 0.3 is 0 Å². The molecule has 0 radical (unpaired) electrons. The van der Waals surface area contributed by atoms with Crippen molar-refractivity contribution in [1.82, 2.24) is 5.32 Å². The average molecular weight is 308 g/mol. The number of amides is 1. The standard InChI is InChI=1S/C16H18ClNOS/c1-16(2,13-9-6-10-20-13)11-18-15(19)14(17)12-7-4-3-5-8-12/h3-10,14H,11H2,1-2H3,(H,18,19). The van der Waals surface area contributed by atoms with Crippen LogP contribution in [-0.4, -0.2) is 12.5 Å². The highest BCUT2D eigenvalue weighted by atomic mass is 35.5. The number of carbonyl (C=O) groups excluding carboxylic acids is 1. The van der Waals surface area contributed by atoms with Crippen LogP contribution < -0.4 is 5.32 Å². The first-order valence-corrected chi connectivity index (χ1v) is 7.83. The van der Waals surface area contributed by atoms with Gasteiger partial charge in [0.05, 0.1) is 0 Å². The van der Waals surface area contributed by atoms with E-state index >= 15 is 0 Å². The van der Waals surface area contributed by atoms with Crippen LogP contribution >= 0.6 is 22.9 Å². The summed E-state index contributed by atoms with van der Waals surface area (Å²) >= 11 is 7.90. The zero-order chi connectivity index (χ0) is 14.6. The molecule has 2 rings (SSSR count). The molecule has 2 nitrogen and oxygen atoms in total. The quantitative estimate of drug-likeness (QED) is 0.827. The molecule has 1 heterocycles. The van der Waals surface area contributed by atoms with Crippen molar-refractivity contribution in [2.45, 2.75) is 24.6 Å². The Labute approximate surface area is 128 Å². The lowest BCUT2D eigenvalue weighted by Gasteiger charge is -2.24. The van der Waals surface area contributed by atoms with E-state index in [2.05, 4.69) is 25.2 Å². The van der Waals surface area contributed by atoms with E-state index in [1.165, 1.54) is 4.88 Å². The fourth-order valence-corrected chi connectivity index (χ4v) is 3.00. The van der Waals surface area contributed by atoms with Crippen LogP contribution in [0.3, 0.4) is 0 Å². The molecular weight excluding hydrogens is 290 g/mol. The van der Waals surface area contributed by atoms with Crippen LogP contribution in [0, 0.1) is 0 Å². The summed E-state index contributed by atoms with van der Waals surface area (Å²) in [6.07, 6.45) is 0. The maximum Gasteiger partial charge on any atom is 0.242 e. The molecule has 0 aliphatic rings. The third kappa shape index (κ3) is 3.62. The Balaban J connectivity index is 1.96. The zero-order valence-electron chi connectivity index (χ0n) is 11.6. The van der Waals surface area contributed by atoms with Gasteiger partial charge in [-0.3, -0.25) is 4.79 Å². The van der Waals surface area contributed by atoms with Gasteiger partial charge in [0.2, 0.25) is 5.91 Å². The molecule has 4 heteroatoms. The lowest BCUT2D eigenvalue weighted by Crippen LogP contribution is -2.37. The van der Waals surface area contributed by atoms with Crippen molar-refractivity contribution in [2.24, 2.45) is 0 Å². The Morgan fingerprint density at radius 3 is 2.55 bits per heavy atom. The monoisotopic (exact) mass is 307 g/mol. The normalized spacial score (nSPS) is 12.9. The van der Waals surface area contributed by atoms with Crippen molar-refractivity contribution in [1.29, 1.82) is 0 Å². The molecule has 0 fully saturated rings. The Hall–Kier alpha value is -1.32. The molecule has 2 aromatic rings. The number of hydrogen-bond acceptors (Lipinski definition) is 2. The number of benzene rings is 1. The van der Waals surface area contributed by atoms with E-state index in [1.807, 2.05) is 41.8 Å². The summed E-state index contributed by atoms with van der Waals surface area (Å²) in [5, 5.41) is 4.35. The molecule has 0 aliphatic heterocycles. The molecule has 0 aliphatic carbocycles. The second-order valence-electron chi connectivity index (χ2n) is 5.35. The predicted molar refractivity (Wildman–Crippen MR) is 85.4 cm³/mol. The summed E-state index contributed by atoms with van der Waals surface area (Å²) in [6, 6.07) is 13.5. The summed E-state index contributed by atoms with van der Waals surface area (Å²) in [6.45, 7) is 4.80. The first kappa shape index (κ1) is 15.1. The second-order valence-corrected chi connectivity index (χ2v) is 6.74. The van der Waals surface area contributed by atoms with Gasteiger partial charge in [-0.05, 0) is 17.0 Å². The van der Waals surface area contributed by atoms with E-state index in [-0.39, 0.29) is 11.3 Å². The predicted octanol–water partition coefficient (Wildman–Crippen LogP) is 4.12. The Bertz CT molecular complexity index is 551. The van der Waals surface area contributed by atoms with E-state index in [4.69, 9.17) is 11.6 Å². The molecular formula is C16H18ClNOS. The van der Waals surface area contributed by atoms with Gasteiger partial charge in [0.1, 0.15) is 5.38 Å². The molecule has 1 N–H and O–H groups in total. The fourth-order valence-electron chi connectivity index (χ4n) is 1.92. The van der Waals surface area contributed by atoms with Crippen molar-refractivity contribution < 1.29 is 4.79 Å². The van der Waals surface area contributed by atoms with Crippen LogP contribution in [-0.2, 0) is 10.2 Å². The number of carbonyl (C=O) groups is 1. The lowest BCUT2D eigenvalue weighted by molar-refractivity contribution is -0.121. The average Bonchev–Trinajstić information content (AvgIpc) is 3.00. The fraction of sp³-hybridized carbons (Fsp3) is 0.312. The van der Waals surface area contributed by atoms with E-state index in [0.29, 0.717) is 6.54 Å². The molecule has 0 saturated carbocycles. The van der Waals surface area contributed by atoms with E-state index in [1.54, 1.807) is 11.3 Å². The highest BCUT2D eigenvalue weighted by Crippen LogP contribution is 2.27. The molecule has 0 saturated heterocycles. The van der Waals surface area contributed by atoms with Crippen LogP contribution in [0.25, 0.3) is 0 Å². The first-order chi connectivity index (χ1) is 9.50. The van der Waals surface area contributed by atoms with Crippen LogP contribution in [0.2, 0.25) is 0 Å². The van der Waals surface area contributed by atoms with Crippen molar-refractivity contribution in [3.63, 3.8) is 0 Å². The van der Waals surface area contributed by atoms with Crippen molar-refractivity contribution in [3.8, 4) is 0 Å². The summed E-state index contributed by atoms with van der Waals surface area (Å²) < 4.78 is 0.